The predicted molar refractivity (Wildman–Crippen MR) is 78.1 cm³/mol. The Morgan fingerprint density at radius 3 is 2.63 bits per heavy atom. The molecule has 0 aliphatic carbocycles. The van der Waals surface area contributed by atoms with Gasteiger partial charge < -0.3 is 9.84 Å². The Hall–Kier alpha value is -1.10. The van der Waals surface area contributed by atoms with E-state index < -0.39 is 0 Å². The Balaban J connectivity index is 1.88. The highest BCUT2D eigenvalue weighted by atomic mass is 35.5. The molecular formula is C14H16ClNO2S. The van der Waals surface area contributed by atoms with Crippen molar-refractivity contribution in [1.29, 1.82) is 0 Å². The molecule has 1 heterocycles. The highest BCUT2D eigenvalue weighted by Crippen LogP contribution is 2.20. The molecule has 2 aromatic rings. The second-order valence-corrected chi connectivity index (χ2v) is 5.65. The molecule has 0 saturated carbocycles. The van der Waals surface area contributed by atoms with Gasteiger partial charge in [0.1, 0.15) is 5.75 Å². The number of hydrogen-bond donors (Lipinski definition) is 1. The minimum atomic E-state index is 0.0683. The third-order valence-corrected chi connectivity index (χ3v) is 4.09. The van der Waals surface area contributed by atoms with Gasteiger partial charge in [0.15, 0.2) is 0 Å². The van der Waals surface area contributed by atoms with Gasteiger partial charge in [0.05, 0.1) is 28.8 Å². The van der Waals surface area contributed by atoms with Crippen molar-refractivity contribution < 1.29 is 9.84 Å². The number of ether oxygens (including phenoxy) is 1. The summed E-state index contributed by atoms with van der Waals surface area (Å²) < 4.78 is 5.63. The van der Waals surface area contributed by atoms with E-state index in [4.69, 9.17) is 16.3 Å². The summed E-state index contributed by atoms with van der Waals surface area (Å²) in [6.07, 6.45) is 1.60. The van der Waals surface area contributed by atoms with Crippen molar-refractivity contribution >= 4 is 22.9 Å². The summed E-state index contributed by atoms with van der Waals surface area (Å²) >= 11 is 7.37. The zero-order chi connectivity index (χ0) is 13.7. The van der Waals surface area contributed by atoms with Crippen molar-refractivity contribution in [3.8, 4) is 5.75 Å². The van der Waals surface area contributed by atoms with Crippen LogP contribution in [0.5, 0.6) is 5.75 Å². The number of aromatic nitrogens is 1. The lowest BCUT2D eigenvalue weighted by Crippen LogP contribution is -2.01. The highest BCUT2D eigenvalue weighted by Gasteiger charge is 2.08. The maximum atomic E-state index is 9.22. The fraction of sp³-hybridized carbons (Fsp3) is 0.357. The van der Waals surface area contributed by atoms with Crippen LogP contribution in [0.4, 0.5) is 0 Å². The van der Waals surface area contributed by atoms with Crippen LogP contribution in [0.3, 0.4) is 0 Å². The van der Waals surface area contributed by atoms with E-state index >= 15 is 0 Å². The van der Waals surface area contributed by atoms with E-state index in [-0.39, 0.29) is 6.61 Å². The van der Waals surface area contributed by atoms with Gasteiger partial charge in [-0.25, -0.2) is 4.98 Å². The number of hydrogen-bond acceptors (Lipinski definition) is 4. The van der Waals surface area contributed by atoms with Crippen LogP contribution >= 0.6 is 22.9 Å². The predicted octanol–water partition coefficient (Wildman–Crippen LogP) is 3.47. The van der Waals surface area contributed by atoms with E-state index in [0.717, 1.165) is 34.2 Å². The van der Waals surface area contributed by atoms with Crippen LogP contribution in [0.1, 0.15) is 22.5 Å². The normalized spacial score (nSPS) is 10.7. The molecule has 0 atom stereocenters. The number of rotatable bonds is 6. The summed E-state index contributed by atoms with van der Waals surface area (Å²) in [5.74, 6) is 0.805. The fourth-order valence-corrected chi connectivity index (χ4v) is 2.85. The molecule has 2 rings (SSSR count). The van der Waals surface area contributed by atoms with Gasteiger partial charge in [-0.1, -0.05) is 18.5 Å². The average molecular weight is 298 g/mol. The molecule has 0 bridgehead atoms. The van der Waals surface area contributed by atoms with Crippen molar-refractivity contribution in [2.75, 3.05) is 6.61 Å². The van der Waals surface area contributed by atoms with Gasteiger partial charge in [-0.2, -0.15) is 0 Å². The molecule has 1 N–H and O–H groups in total. The molecule has 1 aromatic carbocycles. The Morgan fingerprint density at radius 2 is 2.05 bits per heavy atom. The third-order valence-electron chi connectivity index (χ3n) is 2.70. The molecule has 0 radical (unpaired) electrons. The Labute approximate surface area is 121 Å². The van der Waals surface area contributed by atoms with E-state index in [2.05, 4.69) is 4.98 Å². The second kappa shape index (κ2) is 6.89. The van der Waals surface area contributed by atoms with E-state index in [0.29, 0.717) is 11.6 Å². The quantitative estimate of drug-likeness (QED) is 0.888. The first kappa shape index (κ1) is 14.3. The van der Waals surface area contributed by atoms with Crippen LogP contribution in [0, 0.1) is 0 Å². The number of halogens is 1. The molecule has 0 aliphatic rings. The standard InChI is InChI=1S/C14H16ClNO2S/c1-2-12-13(9-17)19-14(16-12)7-8-18-11-5-3-10(15)4-6-11/h3-6,17H,2,7-9H2,1H3. The van der Waals surface area contributed by atoms with E-state index in [1.54, 1.807) is 23.5 Å². The van der Waals surface area contributed by atoms with Gasteiger partial charge in [0, 0.05) is 11.4 Å². The number of nitrogens with zero attached hydrogens (tertiary/aromatic N) is 1. The molecule has 3 nitrogen and oxygen atoms in total. The molecule has 1 aromatic heterocycles. The lowest BCUT2D eigenvalue weighted by Gasteiger charge is -2.04. The summed E-state index contributed by atoms with van der Waals surface area (Å²) in [5.41, 5.74) is 0.994. The highest BCUT2D eigenvalue weighted by molar-refractivity contribution is 7.11. The summed E-state index contributed by atoms with van der Waals surface area (Å²) in [4.78, 5) is 5.46. The van der Waals surface area contributed by atoms with Crippen molar-refractivity contribution in [2.24, 2.45) is 0 Å². The maximum absolute atomic E-state index is 9.22. The molecule has 0 aliphatic heterocycles. The summed E-state index contributed by atoms with van der Waals surface area (Å²) in [7, 11) is 0. The molecule has 0 unspecified atom stereocenters. The first-order chi connectivity index (χ1) is 9.22. The van der Waals surface area contributed by atoms with Crippen LogP contribution in [0.2, 0.25) is 5.02 Å². The lowest BCUT2D eigenvalue weighted by molar-refractivity contribution is 0.284. The van der Waals surface area contributed by atoms with Gasteiger partial charge >= 0.3 is 0 Å². The molecule has 5 heteroatoms. The number of benzene rings is 1. The SMILES string of the molecule is CCc1nc(CCOc2ccc(Cl)cc2)sc1CO. The monoisotopic (exact) mass is 297 g/mol. The van der Waals surface area contributed by atoms with E-state index in [1.165, 1.54) is 0 Å². The first-order valence-corrected chi connectivity index (χ1v) is 7.39. The summed E-state index contributed by atoms with van der Waals surface area (Å²) in [6, 6.07) is 7.31. The lowest BCUT2D eigenvalue weighted by atomic mass is 10.3. The van der Waals surface area contributed by atoms with Crippen LogP contribution < -0.4 is 4.74 Å². The van der Waals surface area contributed by atoms with Crippen LogP contribution in [-0.4, -0.2) is 16.7 Å². The molecule has 0 spiro atoms. The Bertz CT molecular complexity index is 503. The zero-order valence-electron chi connectivity index (χ0n) is 10.7. The fourth-order valence-electron chi connectivity index (χ4n) is 1.73. The molecular weight excluding hydrogens is 282 g/mol. The third kappa shape index (κ3) is 3.93. The number of aliphatic hydroxyl groups is 1. The van der Waals surface area contributed by atoms with Crippen molar-refractivity contribution in [3.63, 3.8) is 0 Å². The van der Waals surface area contributed by atoms with E-state index in [1.807, 2.05) is 19.1 Å². The molecule has 102 valence electrons. The summed E-state index contributed by atoms with van der Waals surface area (Å²) in [5, 5.41) is 10.9. The minimum absolute atomic E-state index is 0.0683. The van der Waals surface area contributed by atoms with Crippen LogP contribution in [0.15, 0.2) is 24.3 Å². The second-order valence-electron chi connectivity index (χ2n) is 4.04. The first-order valence-electron chi connectivity index (χ1n) is 6.19. The molecule has 0 fully saturated rings. The van der Waals surface area contributed by atoms with Gasteiger partial charge in [0.25, 0.3) is 0 Å². The molecule has 19 heavy (non-hydrogen) atoms. The van der Waals surface area contributed by atoms with Gasteiger partial charge in [-0.3, -0.25) is 0 Å². The zero-order valence-corrected chi connectivity index (χ0v) is 12.3. The smallest absolute Gasteiger partial charge is 0.119 e. The van der Waals surface area contributed by atoms with Gasteiger partial charge in [0.2, 0.25) is 0 Å². The average Bonchev–Trinajstić information content (AvgIpc) is 2.83. The van der Waals surface area contributed by atoms with Crippen LogP contribution in [0.25, 0.3) is 0 Å². The molecule has 0 saturated heterocycles. The Morgan fingerprint density at radius 1 is 1.32 bits per heavy atom. The maximum Gasteiger partial charge on any atom is 0.119 e. The number of aryl methyl sites for hydroxylation is 1. The van der Waals surface area contributed by atoms with Crippen molar-refractivity contribution in [1.82, 2.24) is 4.98 Å². The largest absolute Gasteiger partial charge is 0.493 e. The summed E-state index contributed by atoms with van der Waals surface area (Å²) in [6.45, 7) is 2.68. The Kier molecular flexibility index (Phi) is 5.19. The topological polar surface area (TPSA) is 42.4 Å². The number of thiazole rings is 1. The number of aliphatic hydroxyl groups excluding tert-OH is 1. The molecule has 0 amide bonds. The van der Waals surface area contributed by atoms with E-state index in [9.17, 15) is 5.11 Å². The van der Waals surface area contributed by atoms with Gasteiger partial charge in [-0.15, -0.1) is 11.3 Å². The van der Waals surface area contributed by atoms with Gasteiger partial charge in [-0.05, 0) is 30.7 Å². The van der Waals surface area contributed by atoms with Crippen molar-refractivity contribution in [2.45, 2.75) is 26.4 Å². The van der Waals surface area contributed by atoms with Crippen molar-refractivity contribution in [3.05, 3.63) is 44.9 Å². The van der Waals surface area contributed by atoms with Crippen LogP contribution in [-0.2, 0) is 19.4 Å². The minimum Gasteiger partial charge on any atom is -0.493 e.